The van der Waals surface area contributed by atoms with Crippen LogP contribution in [0.2, 0.25) is 0 Å². The van der Waals surface area contributed by atoms with Crippen LogP contribution in [0.3, 0.4) is 0 Å². The first-order chi connectivity index (χ1) is 16.5. The van der Waals surface area contributed by atoms with Gasteiger partial charge >= 0.3 is 0 Å². The highest BCUT2D eigenvalue weighted by atomic mass is 32.2. The first kappa shape index (κ1) is 27.6. The summed E-state index contributed by atoms with van der Waals surface area (Å²) in [5.41, 5.74) is 5.34. The Hall–Kier alpha value is -2.00. The highest BCUT2D eigenvalue weighted by Gasteiger charge is 2.36. The van der Waals surface area contributed by atoms with Gasteiger partial charge in [0.1, 0.15) is 0 Å². The van der Waals surface area contributed by atoms with Gasteiger partial charge in [0.25, 0.3) is 0 Å². The van der Waals surface area contributed by atoms with Crippen molar-refractivity contribution in [1.29, 1.82) is 0 Å². The second-order valence-corrected chi connectivity index (χ2v) is 13.2. The predicted octanol–water partition coefficient (Wildman–Crippen LogP) is 9.45. The smallest absolute Gasteiger partial charge is 0.0809 e. The van der Waals surface area contributed by atoms with Crippen molar-refractivity contribution in [2.24, 2.45) is 22.2 Å². The molecule has 4 rings (SSSR count). The van der Waals surface area contributed by atoms with Gasteiger partial charge in [-0.2, -0.15) is 0 Å². The average Bonchev–Trinajstić information content (AvgIpc) is 2.83. The molecule has 0 radical (unpaired) electrons. The molecule has 0 saturated heterocycles. The van der Waals surface area contributed by atoms with Crippen LogP contribution in [0.5, 0.6) is 0 Å². The van der Waals surface area contributed by atoms with E-state index in [4.69, 9.17) is 0 Å². The number of nitrogens with zero attached hydrogens (tertiary/aromatic N) is 2. The van der Waals surface area contributed by atoms with E-state index < -0.39 is 0 Å². The third-order valence-corrected chi connectivity index (χ3v) is 8.44. The summed E-state index contributed by atoms with van der Waals surface area (Å²) in [4.78, 5) is 8.07. The van der Waals surface area contributed by atoms with Gasteiger partial charge < -0.3 is 4.90 Å². The molecule has 1 atom stereocenters. The van der Waals surface area contributed by atoms with Crippen molar-refractivity contribution in [1.82, 2.24) is 0 Å². The quantitative estimate of drug-likeness (QED) is 0.228. The minimum Gasteiger partial charge on any atom is -0.358 e. The molecule has 1 aliphatic heterocycles. The van der Waals surface area contributed by atoms with Crippen molar-refractivity contribution in [2.75, 3.05) is 17.2 Å². The number of benzene rings is 2. The van der Waals surface area contributed by atoms with Gasteiger partial charge in [0, 0.05) is 22.9 Å². The monoisotopic (exact) mass is 490 g/mol. The second-order valence-electron chi connectivity index (χ2n) is 12.2. The van der Waals surface area contributed by atoms with Crippen LogP contribution in [0.4, 0.5) is 11.4 Å². The van der Waals surface area contributed by atoms with E-state index in [1.54, 1.807) is 0 Å². The summed E-state index contributed by atoms with van der Waals surface area (Å²) in [7, 11) is 0. The minimum absolute atomic E-state index is 0.209. The molecule has 2 aliphatic rings. The molecule has 1 unspecified atom stereocenters. The molecule has 0 aromatic heterocycles. The Bertz CT molecular complexity index is 991. The molecule has 190 valence electrons. The molecular weight excluding hydrogens is 444 g/mol. The molecule has 1 heterocycles. The third kappa shape index (κ3) is 7.26. The van der Waals surface area contributed by atoms with E-state index >= 15 is 0 Å². The number of anilines is 1. The summed E-state index contributed by atoms with van der Waals surface area (Å²) < 4.78 is 0. The molecule has 0 amide bonds. The molecule has 2 aromatic carbocycles. The molecule has 1 fully saturated rings. The lowest BCUT2D eigenvalue weighted by molar-refractivity contribution is 0.311. The van der Waals surface area contributed by atoms with Crippen LogP contribution in [0.15, 0.2) is 65.0 Å². The molecule has 0 spiro atoms. The van der Waals surface area contributed by atoms with Gasteiger partial charge in [0.05, 0.1) is 11.2 Å². The van der Waals surface area contributed by atoms with E-state index in [9.17, 15) is 0 Å². The Kier molecular flexibility index (Phi) is 9.32. The zero-order chi connectivity index (χ0) is 25.6. The van der Waals surface area contributed by atoms with Gasteiger partial charge in [-0.3, -0.25) is 4.99 Å². The maximum atomic E-state index is 4.32. The van der Waals surface area contributed by atoms with Gasteiger partial charge in [-0.25, -0.2) is 0 Å². The second kappa shape index (κ2) is 11.8. The fourth-order valence-electron chi connectivity index (χ4n) is 5.08. The standard InChI is InChI=1S/C27H34N2S.C5H12/c1-5-27(3)24-9-7-6-8-22(24)16-17-29(27)23-14-15-25(28-4)26(18-23)30-19-21-12-10-20(2)11-13-21;1-5(2,3)4/h5-9,14-15,18,20-21H,1,4,10-13,16-17,19H2,2-3H3;1-4H3. The zero-order valence-corrected chi connectivity index (χ0v) is 23.8. The number of hydrogen-bond donors (Lipinski definition) is 0. The van der Waals surface area contributed by atoms with Crippen LogP contribution in [-0.4, -0.2) is 19.0 Å². The molecule has 1 aliphatic carbocycles. The Morgan fingerprint density at radius 1 is 1.09 bits per heavy atom. The van der Waals surface area contributed by atoms with E-state index in [1.807, 2.05) is 11.8 Å². The van der Waals surface area contributed by atoms with E-state index in [0.29, 0.717) is 5.41 Å². The summed E-state index contributed by atoms with van der Waals surface area (Å²) >= 11 is 1.96. The van der Waals surface area contributed by atoms with Gasteiger partial charge in [-0.05, 0) is 79.5 Å². The van der Waals surface area contributed by atoms with Crippen LogP contribution < -0.4 is 4.90 Å². The predicted molar refractivity (Wildman–Crippen MR) is 158 cm³/mol. The van der Waals surface area contributed by atoms with Crippen molar-refractivity contribution in [3.05, 3.63) is 66.2 Å². The van der Waals surface area contributed by atoms with E-state index in [-0.39, 0.29) is 5.54 Å². The molecule has 3 heteroatoms. The van der Waals surface area contributed by atoms with Crippen molar-refractivity contribution in [3.63, 3.8) is 0 Å². The fourth-order valence-corrected chi connectivity index (χ4v) is 6.31. The van der Waals surface area contributed by atoms with Crippen molar-refractivity contribution in [2.45, 2.75) is 84.1 Å². The molecule has 2 aromatic rings. The summed E-state index contributed by atoms with van der Waals surface area (Å²) in [6.45, 7) is 22.5. The lowest BCUT2D eigenvalue weighted by atomic mass is 9.81. The van der Waals surface area contributed by atoms with Crippen LogP contribution in [-0.2, 0) is 12.0 Å². The van der Waals surface area contributed by atoms with Crippen molar-refractivity contribution in [3.8, 4) is 0 Å². The average molecular weight is 491 g/mol. The molecule has 0 N–H and O–H groups in total. The summed E-state index contributed by atoms with van der Waals surface area (Å²) in [6, 6.07) is 15.5. The number of thioether (sulfide) groups is 1. The van der Waals surface area contributed by atoms with Crippen LogP contribution in [0.1, 0.15) is 78.4 Å². The van der Waals surface area contributed by atoms with Gasteiger partial charge in [-0.1, -0.05) is 77.8 Å². The summed E-state index contributed by atoms with van der Waals surface area (Å²) in [6.07, 6.45) is 8.64. The number of rotatable bonds is 6. The van der Waals surface area contributed by atoms with Gasteiger partial charge in [0.15, 0.2) is 0 Å². The van der Waals surface area contributed by atoms with Crippen LogP contribution >= 0.6 is 11.8 Å². The van der Waals surface area contributed by atoms with Gasteiger partial charge in [0.2, 0.25) is 0 Å². The number of fused-ring (bicyclic) bond motifs is 1. The minimum atomic E-state index is -0.209. The number of aliphatic imine (C=N–C) groups is 1. The SMILES string of the molecule is C=CC1(C)c2ccccc2CCN1c1ccc(N=C)c(SCC2CCC(C)CC2)c1.CC(C)(C)C. The largest absolute Gasteiger partial charge is 0.358 e. The maximum Gasteiger partial charge on any atom is 0.0809 e. The summed E-state index contributed by atoms with van der Waals surface area (Å²) in [5, 5.41) is 0. The first-order valence-electron chi connectivity index (χ1n) is 13.3. The van der Waals surface area contributed by atoms with Crippen LogP contribution in [0.25, 0.3) is 0 Å². The van der Waals surface area contributed by atoms with Crippen molar-refractivity contribution >= 4 is 29.9 Å². The Morgan fingerprint density at radius 3 is 2.37 bits per heavy atom. The Balaban J connectivity index is 0.000000623. The maximum absolute atomic E-state index is 4.32. The highest BCUT2D eigenvalue weighted by Crippen LogP contribution is 2.43. The zero-order valence-electron chi connectivity index (χ0n) is 22.9. The topological polar surface area (TPSA) is 15.6 Å². The lowest BCUT2D eigenvalue weighted by Gasteiger charge is -2.46. The van der Waals surface area contributed by atoms with Gasteiger partial charge in [-0.15, -0.1) is 18.3 Å². The molecule has 1 saturated carbocycles. The molecule has 0 bridgehead atoms. The molecular formula is C32H46N2S. The third-order valence-electron chi connectivity index (χ3n) is 7.16. The summed E-state index contributed by atoms with van der Waals surface area (Å²) in [5.74, 6) is 2.91. The fraction of sp³-hybridized carbons (Fsp3) is 0.531. The van der Waals surface area contributed by atoms with E-state index in [0.717, 1.165) is 30.5 Å². The lowest BCUT2D eigenvalue weighted by Crippen LogP contribution is -2.47. The molecule has 2 nitrogen and oxygen atoms in total. The van der Waals surface area contributed by atoms with E-state index in [1.165, 1.54) is 53.1 Å². The normalized spacial score (nSPS) is 24.1. The Labute approximate surface area is 219 Å². The molecule has 35 heavy (non-hydrogen) atoms. The van der Waals surface area contributed by atoms with Crippen LogP contribution in [0, 0.1) is 17.3 Å². The van der Waals surface area contributed by atoms with E-state index in [2.05, 4.69) is 113 Å². The Morgan fingerprint density at radius 2 is 1.74 bits per heavy atom. The first-order valence-corrected chi connectivity index (χ1v) is 14.3. The highest BCUT2D eigenvalue weighted by molar-refractivity contribution is 7.99. The number of hydrogen-bond acceptors (Lipinski definition) is 3. The van der Waals surface area contributed by atoms with Crippen molar-refractivity contribution < 1.29 is 0 Å².